The van der Waals surface area contributed by atoms with Gasteiger partial charge >= 0.3 is 0 Å². The van der Waals surface area contributed by atoms with Crippen LogP contribution in [0.3, 0.4) is 0 Å². The number of thiophene rings is 1. The smallest absolute Gasteiger partial charge is 0.0682 e. The number of rotatable bonds is 4. The van der Waals surface area contributed by atoms with Crippen molar-refractivity contribution in [1.29, 1.82) is 0 Å². The second kappa shape index (κ2) is 6.73. The molecule has 0 aliphatic carbocycles. The first-order valence-electron chi connectivity index (χ1n) is 6.69. The summed E-state index contributed by atoms with van der Waals surface area (Å²) in [7, 11) is 0. The van der Waals surface area contributed by atoms with E-state index in [0.29, 0.717) is 0 Å². The average Bonchev–Trinajstić information content (AvgIpc) is 2.71. The van der Waals surface area contributed by atoms with E-state index in [9.17, 15) is 0 Å². The lowest BCUT2D eigenvalue weighted by atomic mass is 10.0. The molecule has 0 aliphatic heterocycles. The number of hydrogen-bond acceptors (Lipinski definition) is 2. The Hall–Kier alpha value is -0.160. The average molecular weight is 417 g/mol. The molecule has 0 aliphatic rings. The Morgan fingerprint density at radius 2 is 1.75 bits per heavy atom. The number of halogens is 2. The predicted octanol–water partition coefficient (Wildman–Crippen LogP) is 5.90. The van der Waals surface area contributed by atoms with Crippen LogP contribution in [0.1, 0.15) is 39.4 Å². The van der Waals surface area contributed by atoms with Crippen LogP contribution in [0.25, 0.3) is 0 Å². The van der Waals surface area contributed by atoms with Crippen molar-refractivity contribution in [2.45, 2.75) is 33.7 Å². The van der Waals surface area contributed by atoms with Crippen molar-refractivity contribution >= 4 is 43.2 Å². The SMILES string of the molecule is CCNC(c1cc(C)c(C)s1)c1cc(Br)c(C)cc1Br. The van der Waals surface area contributed by atoms with Gasteiger partial charge in [0.25, 0.3) is 0 Å². The molecule has 4 heteroatoms. The maximum absolute atomic E-state index is 3.72. The van der Waals surface area contributed by atoms with E-state index in [1.165, 1.54) is 26.4 Å². The summed E-state index contributed by atoms with van der Waals surface area (Å²) in [5.41, 5.74) is 3.90. The maximum atomic E-state index is 3.72. The molecular weight excluding hydrogens is 398 g/mol. The quantitative estimate of drug-likeness (QED) is 0.654. The molecule has 108 valence electrons. The fourth-order valence-electron chi connectivity index (χ4n) is 2.19. The topological polar surface area (TPSA) is 12.0 Å². The molecule has 0 saturated heterocycles. The monoisotopic (exact) mass is 415 g/mol. The van der Waals surface area contributed by atoms with Gasteiger partial charge in [0.2, 0.25) is 0 Å². The van der Waals surface area contributed by atoms with Crippen LogP contribution in [0.4, 0.5) is 0 Å². The van der Waals surface area contributed by atoms with E-state index in [1.54, 1.807) is 0 Å². The minimum Gasteiger partial charge on any atom is -0.306 e. The van der Waals surface area contributed by atoms with Crippen LogP contribution >= 0.6 is 43.2 Å². The van der Waals surface area contributed by atoms with Crippen LogP contribution in [0, 0.1) is 20.8 Å². The van der Waals surface area contributed by atoms with E-state index in [2.05, 4.69) is 83.1 Å². The van der Waals surface area contributed by atoms with E-state index in [1.807, 2.05) is 11.3 Å². The lowest BCUT2D eigenvalue weighted by Crippen LogP contribution is -2.21. The van der Waals surface area contributed by atoms with Gasteiger partial charge in [-0.25, -0.2) is 0 Å². The first-order chi connectivity index (χ1) is 9.43. The summed E-state index contributed by atoms with van der Waals surface area (Å²) in [6, 6.07) is 6.94. The van der Waals surface area contributed by atoms with Crippen LogP contribution < -0.4 is 5.32 Å². The normalized spacial score (nSPS) is 12.7. The molecule has 1 heterocycles. The van der Waals surface area contributed by atoms with Gasteiger partial charge in [0.05, 0.1) is 6.04 Å². The Morgan fingerprint density at radius 3 is 2.30 bits per heavy atom. The zero-order valence-electron chi connectivity index (χ0n) is 12.2. The molecule has 1 aromatic heterocycles. The van der Waals surface area contributed by atoms with E-state index < -0.39 is 0 Å². The van der Waals surface area contributed by atoms with Gasteiger partial charge in [-0.1, -0.05) is 38.8 Å². The van der Waals surface area contributed by atoms with Crippen molar-refractivity contribution < 1.29 is 0 Å². The van der Waals surface area contributed by atoms with Crippen LogP contribution in [-0.2, 0) is 0 Å². The van der Waals surface area contributed by atoms with Crippen molar-refractivity contribution in [3.05, 3.63) is 53.6 Å². The standard InChI is InChI=1S/C16H19Br2NS/c1-5-19-16(15-7-9(2)11(4)20-15)12-8-13(17)10(3)6-14(12)18/h6-8,16,19H,5H2,1-4H3. The molecule has 0 bridgehead atoms. The second-order valence-electron chi connectivity index (χ2n) is 5.00. The Morgan fingerprint density at radius 1 is 1.05 bits per heavy atom. The van der Waals surface area contributed by atoms with Gasteiger partial charge in [0.15, 0.2) is 0 Å². The van der Waals surface area contributed by atoms with Crippen molar-refractivity contribution in [1.82, 2.24) is 5.32 Å². The van der Waals surface area contributed by atoms with Gasteiger partial charge in [-0.15, -0.1) is 11.3 Å². The highest BCUT2D eigenvalue weighted by Crippen LogP contribution is 2.36. The molecule has 2 rings (SSSR count). The summed E-state index contributed by atoms with van der Waals surface area (Å²) in [5.74, 6) is 0. The summed E-state index contributed by atoms with van der Waals surface area (Å²) in [6.45, 7) is 9.57. The fraction of sp³-hybridized carbons (Fsp3) is 0.375. The summed E-state index contributed by atoms with van der Waals surface area (Å²) < 4.78 is 2.32. The third kappa shape index (κ3) is 3.35. The minimum atomic E-state index is 0.240. The first-order valence-corrected chi connectivity index (χ1v) is 9.10. The molecule has 1 aromatic carbocycles. The molecule has 1 nitrogen and oxygen atoms in total. The van der Waals surface area contributed by atoms with Gasteiger partial charge < -0.3 is 5.32 Å². The number of nitrogens with one attached hydrogen (secondary N) is 1. The van der Waals surface area contributed by atoms with Gasteiger partial charge in [-0.2, -0.15) is 0 Å². The maximum Gasteiger partial charge on any atom is 0.0682 e. The molecule has 2 aromatic rings. The van der Waals surface area contributed by atoms with Gasteiger partial charge in [0.1, 0.15) is 0 Å². The Labute approximate surface area is 142 Å². The second-order valence-corrected chi connectivity index (χ2v) is 8.00. The Bertz CT molecular complexity index is 600. The molecule has 1 unspecified atom stereocenters. The van der Waals surface area contributed by atoms with Crippen molar-refractivity contribution in [2.24, 2.45) is 0 Å². The van der Waals surface area contributed by atoms with E-state index in [0.717, 1.165) is 15.5 Å². The molecule has 20 heavy (non-hydrogen) atoms. The number of benzene rings is 1. The molecule has 0 saturated carbocycles. The van der Waals surface area contributed by atoms with Crippen LogP contribution in [0.15, 0.2) is 27.1 Å². The largest absolute Gasteiger partial charge is 0.306 e. The van der Waals surface area contributed by atoms with Crippen molar-refractivity contribution in [3.63, 3.8) is 0 Å². The van der Waals surface area contributed by atoms with Gasteiger partial charge in [-0.05, 0) is 62.2 Å². The van der Waals surface area contributed by atoms with Crippen molar-refractivity contribution in [3.8, 4) is 0 Å². The Kier molecular flexibility index (Phi) is 5.46. The molecule has 0 fully saturated rings. The molecule has 1 atom stereocenters. The number of hydrogen-bond donors (Lipinski definition) is 1. The van der Waals surface area contributed by atoms with E-state index >= 15 is 0 Å². The zero-order valence-corrected chi connectivity index (χ0v) is 16.2. The predicted molar refractivity (Wildman–Crippen MR) is 95.9 cm³/mol. The molecule has 0 radical (unpaired) electrons. The summed E-state index contributed by atoms with van der Waals surface area (Å²) in [6.07, 6.45) is 0. The Balaban J connectivity index is 2.50. The zero-order chi connectivity index (χ0) is 14.9. The van der Waals surface area contributed by atoms with E-state index in [-0.39, 0.29) is 6.04 Å². The highest BCUT2D eigenvalue weighted by molar-refractivity contribution is 9.11. The fourth-order valence-corrected chi connectivity index (χ4v) is 4.38. The summed E-state index contributed by atoms with van der Waals surface area (Å²) >= 11 is 9.24. The molecule has 0 amide bonds. The van der Waals surface area contributed by atoms with Gasteiger partial charge in [-0.3, -0.25) is 0 Å². The lowest BCUT2D eigenvalue weighted by molar-refractivity contribution is 0.637. The van der Waals surface area contributed by atoms with Crippen LogP contribution in [0.5, 0.6) is 0 Å². The van der Waals surface area contributed by atoms with Crippen molar-refractivity contribution in [2.75, 3.05) is 6.54 Å². The third-order valence-corrected chi connectivity index (χ3v) is 6.23. The third-order valence-electron chi connectivity index (χ3n) is 3.47. The number of aryl methyl sites for hydroxylation is 3. The molecular formula is C16H19Br2NS. The first kappa shape index (κ1) is 16.2. The minimum absolute atomic E-state index is 0.240. The molecule has 1 N–H and O–H groups in total. The van der Waals surface area contributed by atoms with Crippen LogP contribution in [-0.4, -0.2) is 6.54 Å². The van der Waals surface area contributed by atoms with Crippen LogP contribution in [0.2, 0.25) is 0 Å². The highest BCUT2D eigenvalue weighted by Gasteiger charge is 2.19. The van der Waals surface area contributed by atoms with E-state index in [4.69, 9.17) is 0 Å². The lowest BCUT2D eigenvalue weighted by Gasteiger charge is -2.19. The van der Waals surface area contributed by atoms with Gasteiger partial charge in [0, 0.05) is 18.7 Å². The highest BCUT2D eigenvalue weighted by atomic mass is 79.9. The summed E-state index contributed by atoms with van der Waals surface area (Å²) in [5, 5.41) is 3.60. The summed E-state index contributed by atoms with van der Waals surface area (Å²) in [4.78, 5) is 2.77. The molecule has 0 spiro atoms.